The van der Waals surface area contributed by atoms with Gasteiger partial charge in [-0.25, -0.2) is 9.97 Å². The second kappa shape index (κ2) is 7.51. The molecule has 8 nitrogen and oxygen atoms in total. The first-order valence-corrected chi connectivity index (χ1v) is 9.02. The number of nitrogens with one attached hydrogen (secondary N) is 4. The fourth-order valence-corrected chi connectivity index (χ4v) is 3.12. The van der Waals surface area contributed by atoms with Gasteiger partial charge in [0.05, 0.1) is 17.0 Å². The number of nitrogens with zero attached hydrogens (tertiary/aromatic N) is 2. The number of fused-ring (bicyclic) bond motifs is 1. The number of carbonyl (C=O) groups excluding carboxylic acids is 2. The molecule has 3 aromatic rings. The highest BCUT2D eigenvalue weighted by atomic mass is 16.2. The average Bonchev–Trinajstić information content (AvgIpc) is 3.13. The smallest absolute Gasteiger partial charge is 0.253 e. The zero-order valence-electron chi connectivity index (χ0n) is 15.4. The Balaban J connectivity index is 1.46. The summed E-state index contributed by atoms with van der Waals surface area (Å²) in [7, 11) is 0. The zero-order chi connectivity index (χ0) is 19.5. The van der Waals surface area contributed by atoms with E-state index in [1.165, 1.54) is 6.92 Å². The summed E-state index contributed by atoms with van der Waals surface area (Å²) in [5.74, 6) is 0.346. The molecule has 0 aliphatic carbocycles. The molecular formula is C20H20N6O2. The van der Waals surface area contributed by atoms with E-state index in [9.17, 15) is 9.59 Å². The molecule has 0 spiro atoms. The molecule has 1 aliphatic heterocycles. The molecule has 1 aliphatic rings. The number of amides is 2. The van der Waals surface area contributed by atoms with E-state index in [-0.39, 0.29) is 11.8 Å². The van der Waals surface area contributed by atoms with Crippen LogP contribution in [0.15, 0.2) is 42.6 Å². The molecule has 4 rings (SSSR count). The Bertz CT molecular complexity index is 1030. The maximum absolute atomic E-state index is 11.9. The van der Waals surface area contributed by atoms with Gasteiger partial charge in [-0.3, -0.25) is 9.59 Å². The lowest BCUT2D eigenvalue weighted by Crippen LogP contribution is -2.31. The molecule has 4 N–H and O–H groups in total. The zero-order valence-corrected chi connectivity index (χ0v) is 15.4. The predicted octanol–water partition coefficient (Wildman–Crippen LogP) is 2.33. The van der Waals surface area contributed by atoms with Crippen LogP contribution in [0.2, 0.25) is 0 Å². The van der Waals surface area contributed by atoms with Gasteiger partial charge in [0.25, 0.3) is 5.91 Å². The number of benzene rings is 1. The number of hydrogen-bond donors (Lipinski definition) is 4. The fourth-order valence-electron chi connectivity index (χ4n) is 3.12. The van der Waals surface area contributed by atoms with Crippen LogP contribution in [-0.4, -0.2) is 33.3 Å². The number of anilines is 2. The molecule has 0 unspecified atom stereocenters. The number of aromatic amines is 1. The molecule has 0 atom stereocenters. The van der Waals surface area contributed by atoms with Crippen LogP contribution in [0, 0.1) is 0 Å². The third kappa shape index (κ3) is 3.85. The van der Waals surface area contributed by atoms with Gasteiger partial charge >= 0.3 is 0 Å². The van der Waals surface area contributed by atoms with Gasteiger partial charge in [-0.15, -0.1) is 0 Å². The van der Waals surface area contributed by atoms with Crippen molar-refractivity contribution in [2.45, 2.75) is 19.9 Å². The van der Waals surface area contributed by atoms with Gasteiger partial charge in [-0.05, 0) is 29.8 Å². The highest BCUT2D eigenvalue weighted by Crippen LogP contribution is 2.23. The van der Waals surface area contributed by atoms with Crippen molar-refractivity contribution in [3.05, 3.63) is 59.4 Å². The van der Waals surface area contributed by atoms with Crippen molar-refractivity contribution >= 4 is 23.5 Å². The first-order chi connectivity index (χ1) is 13.6. The number of hydrogen-bond acceptors (Lipinski definition) is 5. The van der Waals surface area contributed by atoms with E-state index in [1.54, 1.807) is 6.20 Å². The molecule has 0 fully saturated rings. The highest BCUT2D eigenvalue weighted by Gasteiger charge is 2.20. The van der Waals surface area contributed by atoms with Crippen LogP contribution in [-0.2, 0) is 17.8 Å². The largest absolute Gasteiger partial charge is 0.356 e. The Morgan fingerprint density at radius 1 is 1.21 bits per heavy atom. The van der Waals surface area contributed by atoms with Gasteiger partial charge in [-0.2, -0.15) is 0 Å². The van der Waals surface area contributed by atoms with Gasteiger partial charge in [0.1, 0.15) is 0 Å². The van der Waals surface area contributed by atoms with Crippen molar-refractivity contribution in [1.82, 2.24) is 20.3 Å². The second-order valence-electron chi connectivity index (χ2n) is 6.58. The van der Waals surface area contributed by atoms with Gasteiger partial charge in [-0.1, -0.05) is 12.1 Å². The quantitative estimate of drug-likeness (QED) is 0.546. The molecule has 0 bridgehead atoms. The summed E-state index contributed by atoms with van der Waals surface area (Å²) < 4.78 is 0. The van der Waals surface area contributed by atoms with Gasteiger partial charge in [0.15, 0.2) is 0 Å². The van der Waals surface area contributed by atoms with E-state index >= 15 is 0 Å². The number of aromatic nitrogens is 3. The van der Waals surface area contributed by atoms with E-state index in [2.05, 4.69) is 30.9 Å². The number of carbonyl (C=O) groups is 2. The highest BCUT2D eigenvalue weighted by molar-refractivity contribution is 5.97. The first-order valence-electron chi connectivity index (χ1n) is 9.02. The molecule has 1 aromatic carbocycles. The summed E-state index contributed by atoms with van der Waals surface area (Å²) in [6.45, 7) is 2.67. The Morgan fingerprint density at radius 2 is 2.04 bits per heavy atom. The van der Waals surface area contributed by atoms with Gasteiger partial charge in [0.2, 0.25) is 11.9 Å². The molecule has 3 heterocycles. The van der Waals surface area contributed by atoms with E-state index < -0.39 is 0 Å². The minimum absolute atomic E-state index is 0.0566. The third-order valence-electron chi connectivity index (χ3n) is 4.46. The SMILES string of the molecule is CC(=O)Nc1ccc(CNc2nccc(-c3cc4c([nH]3)CCNC4=O)n2)cc1. The molecular weight excluding hydrogens is 356 g/mol. The van der Waals surface area contributed by atoms with Crippen LogP contribution in [0.25, 0.3) is 11.4 Å². The van der Waals surface area contributed by atoms with Crippen LogP contribution in [0.1, 0.15) is 28.5 Å². The van der Waals surface area contributed by atoms with Crippen LogP contribution >= 0.6 is 0 Å². The van der Waals surface area contributed by atoms with Gasteiger partial charge < -0.3 is 20.9 Å². The van der Waals surface area contributed by atoms with Crippen molar-refractivity contribution in [3.8, 4) is 11.4 Å². The topological polar surface area (TPSA) is 112 Å². The molecule has 2 amide bonds. The summed E-state index contributed by atoms with van der Waals surface area (Å²) in [5, 5.41) is 8.78. The molecule has 8 heteroatoms. The minimum atomic E-state index is -0.0976. The van der Waals surface area contributed by atoms with E-state index in [0.29, 0.717) is 24.6 Å². The Kier molecular flexibility index (Phi) is 4.76. The monoisotopic (exact) mass is 376 g/mol. The van der Waals surface area contributed by atoms with Crippen molar-refractivity contribution in [2.75, 3.05) is 17.2 Å². The summed E-state index contributed by atoms with van der Waals surface area (Å²) in [6, 6.07) is 11.2. The molecule has 0 radical (unpaired) electrons. The lowest BCUT2D eigenvalue weighted by atomic mass is 10.1. The lowest BCUT2D eigenvalue weighted by Gasteiger charge is -2.10. The second-order valence-corrected chi connectivity index (χ2v) is 6.58. The van der Waals surface area contributed by atoms with E-state index in [1.807, 2.05) is 36.4 Å². The standard InChI is InChI=1S/C20H20N6O2/c1-12(27)24-14-4-2-13(3-5-14)11-23-20-22-9-7-17(26-20)18-10-15-16(25-18)6-8-21-19(15)28/h2-5,7,9-10,25H,6,8,11H2,1H3,(H,21,28)(H,24,27)(H,22,23,26). The van der Waals surface area contributed by atoms with Crippen LogP contribution in [0.5, 0.6) is 0 Å². The van der Waals surface area contributed by atoms with Gasteiger partial charge in [0, 0.05) is 44.0 Å². The Morgan fingerprint density at radius 3 is 2.79 bits per heavy atom. The van der Waals surface area contributed by atoms with Crippen LogP contribution in [0.4, 0.5) is 11.6 Å². The van der Waals surface area contributed by atoms with E-state index in [4.69, 9.17) is 0 Å². The normalized spacial score (nSPS) is 12.8. The molecule has 142 valence electrons. The number of rotatable bonds is 5. The van der Waals surface area contributed by atoms with E-state index in [0.717, 1.165) is 34.8 Å². The summed E-state index contributed by atoms with van der Waals surface area (Å²) >= 11 is 0. The van der Waals surface area contributed by atoms with Crippen LogP contribution in [0.3, 0.4) is 0 Å². The summed E-state index contributed by atoms with van der Waals surface area (Å²) in [5.41, 5.74) is 4.93. The molecule has 0 saturated heterocycles. The van der Waals surface area contributed by atoms with Crippen molar-refractivity contribution in [1.29, 1.82) is 0 Å². The maximum Gasteiger partial charge on any atom is 0.253 e. The third-order valence-corrected chi connectivity index (χ3v) is 4.46. The fraction of sp³-hybridized carbons (Fsp3) is 0.200. The van der Waals surface area contributed by atoms with Crippen molar-refractivity contribution in [2.24, 2.45) is 0 Å². The lowest BCUT2D eigenvalue weighted by molar-refractivity contribution is -0.114. The predicted molar refractivity (Wildman–Crippen MR) is 106 cm³/mol. The molecule has 2 aromatic heterocycles. The molecule has 0 saturated carbocycles. The number of H-pyrrole nitrogens is 1. The average molecular weight is 376 g/mol. The van der Waals surface area contributed by atoms with Crippen LogP contribution < -0.4 is 16.0 Å². The summed E-state index contributed by atoms with van der Waals surface area (Å²) in [6.07, 6.45) is 2.47. The van der Waals surface area contributed by atoms with Crippen molar-refractivity contribution in [3.63, 3.8) is 0 Å². The summed E-state index contributed by atoms with van der Waals surface area (Å²) in [4.78, 5) is 35.1. The minimum Gasteiger partial charge on any atom is -0.356 e. The first kappa shape index (κ1) is 17.7. The Hall–Kier alpha value is -3.68. The maximum atomic E-state index is 11.9. The van der Waals surface area contributed by atoms with Crippen molar-refractivity contribution < 1.29 is 9.59 Å². The Labute approximate surface area is 161 Å². The molecule has 28 heavy (non-hydrogen) atoms.